The van der Waals surface area contributed by atoms with Gasteiger partial charge in [0.1, 0.15) is 0 Å². The average Bonchev–Trinajstić information content (AvgIpc) is 2.96. The van der Waals surface area contributed by atoms with Crippen molar-refractivity contribution in [3.8, 4) is 0 Å². The van der Waals surface area contributed by atoms with E-state index in [0.717, 1.165) is 17.7 Å². The minimum atomic E-state index is 0.767. The Labute approximate surface area is 77.0 Å². The molecule has 1 saturated carbocycles. The van der Waals surface area contributed by atoms with Gasteiger partial charge in [-0.15, -0.1) is 0 Å². The maximum absolute atomic E-state index is 4.22. The van der Waals surface area contributed by atoms with E-state index in [1.54, 1.807) is 12.4 Å². The van der Waals surface area contributed by atoms with E-state index < -0.39 is 0 Å². The number of aromatic nitrogens is 2. The zero-order chi connectivity index (χ0) is 8.67. The molecular formula is C11H10N2. The van der Waals surface area contributed by atoms with Crippen molar-refractivity contribution in [1.29, 1.82) is 0 Å². The first-order valence-corrected chi connectivity index (χ1v) is 4.61. The van der Waals surface area contributed by atoms with E-state index in [0.29, 0.717) is 0 Å². The van der Waals surface area contributed by atoms with Crippen LogP contribution in [0.2, 0.25) is 0 Å². The lowest BCUT2D eigenvalue weighted by Gasteiger charge is -2.03. The van der Waals surface area contributed by atoms with Gasteiger partial charge in [0, 0.05) is 18.0 Å². The van der Waals surface area contributed by atoms with Crippen LogP contribution in [0.4, 0.5) is 0 Å². The number of hydrogen-bond acceptors (Lipinski definition) is 2. The second-order valence-electron chi connectivity index (χ2n) is 3.62. The van der Waals surface area contributed by atoms with Gasteiger partial charge in [0.25, 0.3) is 0 Å². The Balaban J connectivity index is 1.98. The van der Waals surface area contributed by atoms with Crippen LogP contribution >= 0.6 is 0 Å². The SMILES string of the molecule is C1=CC2CC2C=C1c1ncccn1. The van der Waals surface area contributed by atoms with Crippen molar-refractivity contribution < 1.29 is 0 Å². The van der Waals surface area contributed by atoms with Crippen LogP contribution in [0, 0.1) is 11.8 Å². The molecular weight excluding hydrogens is 160 g/mol. The van der Waals surface area contributed by atoms with E-state index in [2.05, 4.69) is 28.2 Å². The predicted octanol–water partition coefficient (Wildman–Crippen LogP) is 2.07. The summed E-state index contributed by atoms with van der Waals surface area (Å²) >= 11 is 0. The third kappa shape index (κ3) is 1.18. The molecule has 1 aromatic rings. The predicted molar refractivity (Wildman–Crippen MR) is 50.7 cm³/mol. The van der Waals surface area contributed by atoms with Crippen LogP contribution in [0.3, 0.4) is 0 Å². The van der Waals surface area contributed by atoms with Gasteiger partial charge in [-0.25, -0.2) is 9.97 Å². The van der Waals surface area contributed by atoms with Crippen LogP contribution in [0.1, 0.15) is 12.2 Å². The molecule has 0 saturated heterocycles. The number of hydrogen-bond donors (Lipinski definition) is 0. The van der Waals surface area contributed by atoms with E-state index in [1.807, 2.05) is 6.07 Å². The highest BCUT2D eigenvalue weighted by Gasteiger charge is 2.35. The summed E-state index contributed by atoms with van der Waals surface area (Å²) < 4.78 is 0. The van der Waals surface area contributed by atoms with E-state index in [4.69, 9.17) is 0 Å². The van der Waals surface area contributed by atoms with Crippen LogP contribution in [-0.2, 0) is 0 Å². The molecule has 64 valence electrons. The van der Waals surface area contributed by atoms with Crippen molar-refractivity contribution in [2.75, 3.05) is 0 Å². The first-order valence-electron chi connectivity index (χ1n) is 4.61. The van der Waals surface area contributed by atoms with Gasteiger partial charge in [-0.1, -0.05) is 18.2 Å². The topological polar surface area (TPSA) is 25.8 Å². The van der Waals surface area contributed by atoms with Crippen LogP contribution in [0.15, 0.2) is 36.7 Å². The number of rotatable bonds is 1. The number of fused-ring (bicyclic) bond motifs is 1. The second kappa shape index (κ2) is 2.52. The molecule has 0 N–H and O–H groups in total. The Bertz CT molecular complexity index is 378. The van der Waals surface area contributed by atoms with E-state index >= 15 is 0 Å². The van der Waals surface area contributed by atoms with Gasteiger partial charge in [0.15, 0.2) is 5.82 Å². The highest BCUT2D eigenvalue weighted by atomic mass is 14.9. The van der Waals surface area contributed by atoms with Gasteiger partial charge in [-0.2, -0.15) is 0 Å². The maximum atomic E-state index is 4.22. The van der Waals surface area contributed by atoms with Crippen LogP contribution in [0.5, 0.6) is 0 Å². The van der Waals surface area contributed by atoms with Crippen LogP contribution in [-0.4, -0.2) is 9.97 Å². The fourth-order valence-electron chi connectivity index (χ4n) is 1.76. The summed E-state index contributed by atoms with van der Waals surface area (Å²) in [4.78, 5) is 8.45. The first-order chi connectivity index (χ1) is 6.43. The van der Waals surface area contributed by atoms with Crippen molar-refractivity contribution in [3.05, 3.63) is 42.5 Å². The molecule has 2 nitrogen and oxygen atoms in total. The Morgan fingerprint density at radius 3 is 2.77 bits per heavy atom. The Morgan fingerprint density at radius 1 is 1.15 bits per heavy atom. The Morgan fingerprint density at radius 2 is 2.00 bits per heavy atom. The molecule has 13 heavy (non-hydrogen) atoms. The molecule has 2 heteroatoms. The second-order valence-corrected chi connectivity index (χ2v) is 3.62. The summed E-state index contributed by atoms with van der Waals surface area (Å²) in [6, 6.07) is 1.84. The fourth-order valence-corrected chi connectivity index (χ4v) is 1.76. The van der Waals surface area contributed by atoms with Gasteiger partial charge < -0.3 is 0 Å². The molecule has 1 aromatic heterocycles. The smallest absolute Gasteiger partial charge is 0.158 e. The van der Waals surface area contributed by atoms with Gasteiger partial charge in [0.05, 0.1) is 0 Å². The highest BCUT2D eigenvalue weighted by molar-refractivity contribution is 5.71. The molecule has 2 atom stereocenters. The quantitative estimate of drug-likeness (QED) is 0.644. The van der Waals surface area contributed by atoms with Crippen molar-refractivity contribution >= 4 is 5.57 Å². The summed E-state index contributed by atoms with van der Waals surface area (Å²) in [5.41, 5.74) is 1.18. The summed E-state index contributed by atoms with van der Waals surface area (Å²) in [5.74, 6) is 2.43. The number of allylic oxidation sites excluding steroid dienone is 4. The first kappa shape index (κ1) is 7.01. The standard InChI is InChI=1S/C11H10N2/c1-4-12-11(13-5-1)9-3-2-8-6-10(8)7-9/h1-5,7-8,10H,6H2. The largest absolute Gasteiger partial charge is 0.237 e. The van der Waals surface area contributed by atoms with Gasteiger partial charge in [-0.05, 0) is 24.3 Å². The summed E-state index contributed by atoms with van der Waals surface area (Å²) in [6.07, 6.45) is 11.6. The molecule has 3 rings (SSSR count). The van der Waals surface area contributed by atoms with E-state index in [-0.39, 0.29) is 0 Å². The molecule has 0 radical (unpaired) electrons. The lowest BCUT2D eigenvalue weighted by atomic mass is 10.1. The summed E-state index contributed by atoms with van der Waals surface area (Å²) in [7, 11) is 0. The molecule has 1 heterocycles. The van der Waals surface area contributed by atoms with Crippen molar-refractivity contribution in [1.82, 2.24) is 9.97 Å². The monoisotopic (exact) mass is 170 g/mol. The third-order valence-corrected chi connectivity index (χ3v) is 2.63. The third-order valence-electron chi connectivity index (χ3n) is 2.63. The highest BCUT2D eigenvalue weighted by Crippen LogP contribution is 2.45. The fraction of sp³-hybridized carbons (Fsp3) is 0.273. The van der Waals surface area contributed by atoms with E-state index in [9.17, 15) is 0 Å². The molecule has 0 amide bonds. The molecule has 0 aliphatic heterocycles. The zero-order valence-electron chi connectivity index (χ0n) is 7.22. The lowest BCUT2D eigenvalue weighted by Crippen LogP contribution is -1.93. The molecule has 0 bridgehead atoms. The molecule has 2 unspecified atom stereocenters. The normalized spacial score (nSPS) is 29.4. The molecule has 2 aliphatic rings. The molecule has 2 aliphatic carbocycles. The average molecular weight is 170 g/mol. The molecule has 0 aromatic carbocycles. The molecule has 1 fully saturated rings. The summed E-state index contributed by atoms with van der Waals surface area (Å²) in [5, 5.41) is 0. The number of nitrogens with zero attached hydrogens (tertiary/aromatic N) is 2. The van der Waals surface area contributed by atoms with Gasteiger partial charge >= 0.3 is 0 Å². The van der Waals surface area contributed by atoms with Crippen LogP contribution in [0.25, 0.3) is 5.57 Å². The molecule has 0 spiro atoms. The Kier molecular flexibility index (Phi) is 1.36. The zero-order valence-corrected chi connectivity index (χ0v) is 7.22. The van der Waals surface area contributed by atoms with Crippen molar-refractivity contribution in [2.45, 2.75) is 6.42 Å². The van der Waals surface area contributed by atoms with Crippen LogP contribution < -0.4 is 0 Å². The van der Waals surface area contributed by atoms with E-state index in [1.165, 1.54) is 12.0 Å². The Hall–Kier alpha value is -1.44. The van der Waals surface area contributed by atoms with Gasteiger partial charge in [-0.3, -0.25) is 0 Å². The van der Waals surface area contributed by atoms with Crippen molar-refractivity contribution in [2.24, 2.45) is 11.8 Å². The minimum absolute atomic E-state index is 0.767. The minimum Gasteiger partial charge on any atom is -0.237 e. The summed E-state index contributed by atoms with van der Waals surface area (Å²) in [6.45, 7) is 0. The van der Waals surface area contributed by atoms with Crippen molar-refractivity contribution in [3.63, 3.8) is 0 Å². The maximum Gasteiger partial charge on any atom is 0.158 e. The lowest BCUT2D eigenvalue weighted by molar-refractivity contribution is 0.976. The van der Waals surface area contributed by atoms with Gasteiger partial charge in [0.2, 0.25) is 0 Å².